The van der Waals surface area contributed by atoms with Gasteiger partial charge in [-0.1, -0.05) is 0 Å². The van der Waals surface area contributed by atoms with Crippen molar-refractivity contribution in [2.24, 2.45) is 0 Å². The lowest BCUT2D eigenvalue weighted by molar-refractivity contribution is -0.271. The van der Waals surface area contributed by atoms with Crippen LogP contribution >= 0.6 is 22.6 Å². The summed E-state index contributed by atoms with van der Waals surface area (Å²) in [4.78, 5) is 0. The zero-order valence-corrected chi connectivity index (χ0v) is 8.63. The molecule has 0 radical (unpaired) electrons. The van der Waals surface area contributed by atoms with Gasteiger partial charge in [0.25, 0.3) is 3.86 Å². The van der Waals surface area contributed by atoms with Crippen molar-refractivity contribution < 1.29 is 29.6 Å². The second-order valence-electron chi connectivity index (χ2n) is 2.83. The molecule has 4 N–H and O–H groups in total. The number of aliphatic hydroxyl groups excluding tert-OH is 4. The van der Waals surface area contributed by atoms with E-state index in [2.05, 4.69) is 4.74 Å². The Morgan fingerprint density at radius 2 is 1.85 bits per heavy atom. The van der Waals surface area contributed by atoms with Crippen molar-refractivity contribution in [3.8, 4) is 0 Å². The van der Waals surface area contributed by atoms with E-state index >= 15 is 0 Å². The summed E-state index contributed by atoms with van der Waals surface area (Å²) in [7, 11) is 0. The minimum Gasteiger partial charge on any atom is -0.394 e. The van der Waals surface area contributed by atoms with Crippen LogP contribution in [0.25, 0.3) is 0 Å². The zero-order chi connectivity index (χ0) is 10.2. The number of ether oxygens (including phenoxy) is 1. The van der Waals surface area contributed by atoms with E-state index in [0.29, 0.717) is 0 Å². The van der Waals surface area contributed by atoms with Crippen LogP contribution in [-0.2, 0) is 4.74 Å². The molecule has 5 nitrogen and oxygen atoms in total. The Hall–Kier alpha value is 0.460. The Bertz CT molecular complexity index is 188. The quantitative estimate of drug-likeness (QED) is 0.350. The first-order valence-electron chi connectivity index (χ1n) is 3.61. The highest BCUT2D eigenvalue weighted by molar-refractivity contribution is 14.1. The average Bonchev–Trinajstić information content (AvgIpc) is 2.08. The first kappa shape index (κ1) is 11.5. The number of hydrogen-bond donors (Lipinski definition) is 4. The predicted octanol–water partition coefficient (Wildman–Crippen LogP) is -1.48. The van der Waals surface area contributed by atoms with Gasteiger partial charge < -0.3 is 25.2 Å². The SMILES string of the molecule is OC[C@H]1OC(F)(I)[C@H](O)[C@@H](O)[C@@H]1O. The minimum absolute atomic E-state index is 0.625. The van der Waals surface area contributed by atoms with Gasteiger partial charge in [0, 0.05) is 0 Å². The van der Waals surface area contributed by atoms with Gasteiger partial charge in [0.05, 0.1) is 6.61 Å². The molecule has 1 aliphatic heterocycles. The molecular weight excluding hydrogens is 298 g/mol. The van der Waals surface area contributed by atoms with E-state index in [9.17, 15) is 9.50 Å². The maximum Gasteiger partial charge on any atom is 0.289 e. The van der Waals surface area contributed by atoms with Crippen LogP contribution in [-0.4, -0.2) is 55.3 Å². The Morgan fingerprint density at radius 3 is 2.31 bits per heavy atom. The van der Waals surface area contributed by atoms with Crippen molar-refractivity contribution >= 4 is 22.6 Å². The summed E-state index contributed by atoms with van der Waals surface area (Å²) in [5.74, 6) is 0. The van der Waals surface area contributed by atoms with Gasteiger partial charge in [-0.05, 0) is 22.6 Å². The molecule has 0 aromatic heterocycles. The van der Waals surface area contributed by atoms with Gasteiger partial charge in [-0.15, -0.1) is 0 Å². The topological polar surface area (TPSA) is 90.2 Å². The predicted molar refractivity (Wildman–Crippen MR) is 47.8 cm³/mol. The molecule has 0 bridgehead atoms. The molecule has 1 saturated heterocycles. The largest absolute Gasteiger partial charge is 0.394 e. The van der Waals surface area contributed by atoms with Crippen molar-refractivity contribution in [2.45, 2.75) is 28.3 Å². The Balaban J connectivity index is 2.79. The molecule has 13 heavy (non-hydrogen) atoms. The summed E-state index contributed by atoms with van der Waals surface area (Å²) < 4.78 is 15.3. The van der Waals surface area contributed by atoms with Gasteiger partial charge in [-0.3, -0.25) is 0 Å². The first-order valence-corrected chi connectivity index (χ1v) is 4.68. The van der Waals surface area contributed by atoms with Gasteiger partial charge in [0.1, 0.15) is 18.3 Å². The average molecular weight is 308 g/mol. The molecule has 1 unspecified atom stereocenters. The van der Waals surface area contributed by atoms with Crippen molar-refractivity contribution in [1.82, 2.24) is 0 Å². The fraction of sp³-hybridized carbons (Fsp3) is 1.00. The normalized spacial score (nSPS) is 52.2. The molecule has 0 aliphatic carbocycles. The van der Waals surface area contributed by atoms with Crippen molar-refractivity contribution in [1.29, 1.82) is 0 Å². The smallest absolute Gasteiger partial charge is 0.289 e. The van der Waals surface area contributed by atoms with E-state index in [4.69, 9.17) is 15.3 Å². The molecule has 1 heterocycles. The van der Waals surface area contributed by atoms with Crippen molar-refractivity contribution in [3.63, 3.8) is 0 Å². The standard InChI is InChI=1S/C6H10FIO5/c7-6(8)5(12)4(11)3(10)2(1-9)13-6/h2-5,9-12H,1H2/t2-,3-,4+,5-,6?/m1/s1. The fourth-order valence-electron chi connectivity index (χ4n) is 1.09. The highest BCUT2D eigenvalue weighted by Crippen LogP contribution is 2.36. The maximum atomic E-state index is 13.3. The first-order chi connectivity index (χ1) is 5.90. The summed E-state index contributed by atoms with van der Waals surface area (Å²) in [5.41, 5.74) is 0. The third-order valence-corrected chi connectivity index (χ3v) is 2.78. The van der Waals surface area contributed by atoms with Gasteiger partial charge in [0.2, 0.25) is 0 Å². The fourth-order valence-corrected chi connectivity index (χ4v) is 1.79. The maximum absolute atomic E-state index is 13.3. The van der Waals surface area contributed by atoms with Crippen LogP contribution in [0.15, 0.2) is 0 Å². The van der Waals surface area contributed by atoms with E-state index < -0.39 is 34.9 Å². The minimum atomic E-state index is -2.48. The summed E-state index contributed by atoms with van der Waals surface area (Å²) in [6.07, 6.45) is -6.20. The lowest BCUT2D eigenvalue weighted by Gasteiger charge is -2.40. The Labute approximate surface area is 87.3 Å². The van der Waals surface area contributed by atoms with Gasteiger partial charge in [-0.25, -0.2) is 0 Å². The van der Waals surface area contributed by atoms with Crippen LogP contribution in [0.5, 0.6) is 0 Å². The van der Waals surface area contributed by atoms with Crippen LogP contribution < -0.4 is 0 Å². The summed E-state index contributed by atoms with van der Waals surface area (Å²) in [5, 5.41) is 36.1. The summed E-state index contributed by atoms with van der Waals surface area (Å²) in [6, 6.07) is 0. The van der Waals surface area contributed by atoms with Gasteiger partial charge >= 0.3 is 0 Å². The third kappa shape index (κ3) is 2.10. The summed E-state index contributed by atoms with van der Waals surface area (Å²) in [6.45, 7) is -0.625. The van der Waals surface area contributed by atoms with Crippen LogP contribution in [0.4, 0.5) is 4.39 Å². The molecule has 1 fully saturated rings. The highest BCUT2D eigenvalue weighted by atomic mass is 127. The van der Waals surface area contributed by atoms with E-state index in [0.717, 1.165) is 22.6 Å². The van der Waals surface area contributed by atoms with Crippen molar-refractivity contribution in [3.05, 3.63) is 0 Å². The molecule has 0 amide bonds. The number of aliphatic hydroxyl groups is 4. The van der Waals surface area contributed by atoms with E-state index in [1.165, 1.54) is 0 Å². The Morgan fingerprint density at radius 1 is 1.31 bits per heavy atom. The molecule has 0 saturated carbocycles. The van der Waals surface area contributed by atoms with Gasteiger partial charge in [0.15, 0.2) is 6.10 Å². The molecule has 5 atom stereocenters. The third-order valence-electron chi connectivity index (χ3n) is 1.89. The van der Waals surface area contributed by atoms with Crippen LogP contribution in [0, 0.1) is 0 Å². The van der Waals surface area contributed by atoms with Crippen LogP contribution in [0.1, 0.15) is 0 Å². The molecule has 1 rings (SSSR count). The molecule has 7 heteroatoms. The molecule has 78 valence electrons. The number of rotatable bonds is 1. The second-order valence-corrected chi connectivity index (χ2v) is 4.30. The van der Waals surface area contributed by atoms with E-state index in [1.807, 2.05) is 0 Å². The monoisotopic (exact) mass is 308 g/mol. The highest BCUT2D eigenvalue weighted by Gasteiger charge is 2.52. The molecule has 0 spiro atoms. The molecule has 0 aromatic carbocycles. The Kier molecular flexibility index (Phi) is 3.47. The van der Waals surface area contributed by atoms with E-state index in [-0.39, 0.29) is 0 Å². The zero-order valence-electron chi connectivity index (χ0n) is 6.47. The molecular formula is C6H10FIO5. The molecule has 0 aromatic rings. The molecule has 1 aliphatic rings. The second kappa shape index (κ2) is 3.91. The van der Waals surface area contributed by atoms with Gasteiger partial charge in [-0.2, -0.15) is 4.39 Å². The van der Waals surface area contributed by atoms with Crippen molar-refractivity contribution in [2.75, 3.05) is 6.61 Å². The van der Waals surface area contributed by atoms with Crippen LogP contribution in [0.2, 0.25) is 0 Å². The summed E-state index contributed by atoms with van der Waals surface area (Å²) >= 11 is 1.16. The number of halogens is 2. The number of alkyl halides is 2. The lowest BCUT2D eigenvalue weighted by Crippen LogP contribution is -2.60. The number of hydrogen-bond acceptors (Lipinski definition) is 5. The van der Waals surface area contributed by atoms with Crippen LogP contribution in [0.3, 0.4) is 0 Å². The lowest BCUT2D eigenvalue weighted by atomic mass is 10.00. The van der Waals surface area contributed by atoms with E-state index in [1.54, 1.807) is 0 Å².